The Kier molecular flexibility index (Phi) is 17.1. The Morgan fingerprint density at radius 2 is 1.67 bits per heavy atom. The standard InChI is InChI=1S/C35H52N4O6/c1-6-8-11-21-30(40)32(41)29(24-26-17-12-9-13-18-26)37-33(42)28(16-7-2)36-34(43)31(25-27-19-14-10-15-20-27)45-35(44)39(5)23-22-38(3)4/h1-2,10,14-15,19-20,26,28-32,40-41H,8-9,11-13,16-18,21-25H2,3-5H3,(H,36,43)(H,37,42). The summed E-state index contributed by atoms with van der Waals surface area (Å²) in [6, 6.07) is 7.23. The van der Waals surface area contributed by atoms with Crippen LogP contribution in [0.5, 0.6) is 0 Å². The monoisotopic (exact) mass is 624 g/mol. The molecule has 248 valence electrons. The van der Waals surface area contributed by atoms with E-state index in [2.05, 4.69) is 22.5 Å². The van der Waals surface area contributed by atoms with Crippen LogP contribution >= 0.6 is 0 Å². The molecule has 1 fully saturated rings. The molecule has 1 aliphatic rings. The first-order valence-electron chi connectivity index (χ1n) is 16.0. The third-order valence-corrected chi connectivity index (χ3v) is 8.22. The van der Waals surface area contributed by atoms with Crippen LogP contribution in [-0.2, 0) is 20.7 Å². The van der Waals surface area contributed by atoms with Gasteiger partial charge in [-0.25, -0.2) is 4.79 Å². The Hall–Kier alpha value is -3.57. The first-order valence-corrected chi connectivity index (χ1v) is 16.0. The summed E-state index contributed by atoms with van der Waals surface area (Å²) in [5, 5.41) is 27.4. The van der Waals surface area contributed by atoms with Crippen LogP contribution in [0.1, 0.15) is 69.8 Å². The molecule has 0 spiro atoms. The molecule has 1 saturated carbocycles. The maximum Gasteiger partial charge on any atom is 0.410 e. The second kappa shape index (κ2) is 20.5. The molecule has 0 bridgehead atoms. The number of ether oxygens (including phenoxy) is 1. The van der Waals surface area contributed by atoms with E-state index in [1.807, 2.05) is 49.3 Å². The van der Waals surface area contributed by atoms with Gasteiger partial charge in [-0.2, -0.15) is 0 Å². The van der Waals surface area contributed by atoms with Gasteiger partial charge >= 0.3 is 6.09 Å². The van der Waals surface area contributed by atoms with Gasteiger partial charge < -0.3 is 35.4 Å². The van der Waals surface area contributed by atoms with E-state index in [4.69, 9.17) is 17.6 Å². The number of hydrogen-bond acceptors (Lipinski definition) is 7. The van der Waals surface area contributed by atoms with Crippen LogP contribution < -0.4 is 10.6 Å². The van der Waals surface area contributed by atoms with Crippen molar-refractivity contribution in [2.75, 3.05) is 34.2 Å². The molecule has 45 heavy (non-hydrogen) atoms. The van der Waals surface area contributed by atoms with E-state index < -0.39 is 48.3 Å². The maximum absolute atomic E-state index is 13.6. The zero-order chi connectivity index (χ0) is 33.2. The number of nitrogens with one attached hydrogen (secondary N) is 2. The number of aliphatic hydroxyl groups is 2. The molecule has 0 aromatic heterocycles. The molecule has 4 N–H and O–H groups in total. The first kappa shape index (κ1) is 37.6. The molecule has 2 rings (SSSR count). The van der Waals surface area contributed by atoms with Gasteiger partial charge in [-0.05, 0) is 44.8 Å². The number of carbonyl (C=O) groups is 3. The van der Waals surface area contributed by atoms with Gasteiger partial charge in [-0.3, -0.25) is 9.59 Å². The van der Waals surface area contributed by atoms with Gasteiger partial charge in [0.15, 0.2) is 6.10 Å². The fraction of sp³-hybridized carbons (Fsp3) is 0.629. The molecule has 1 aromatic carbocycles. The molecule has 0 aliphatic heterocycles. The van der Waals surface area contributed by atoms with Gasteiger partial charge in [0, 0.05) is 39.4 Å². The summed E-state index contributed by atoms with van der Waals surface area (Å²) in [7, 11) is 5.37. The zero-order valence-corrected chi connectivity index (χ0v) is 27.1. The molecule has 0 heterocycles. The second-order valence-electron chi connectivity index (χ2n) is 12.3. The fourth-order valence-corrected chi connectivity index (χ4v) is 5.46. The summed E-state index contributed by atoms with van der Waals surface area (Å²) in [5.74, 6) is 4.02. The normalized spacial score (nSPS) is 16.7. The van der Waals surface area contributed by atoms with Crippen molar-refractivity contribution in [2.24, 2.45) is 5.92 Å². The lowest BCUT2D eigenvalue weighted by molar-refractivity contribution is -0.135. The van der Waals surface area contributed by atoms with E-state index in [9.17, 15) is 24.6 Å². The summed E-state index contributed by atoms with van der Waals surface area (Å²) < 4.78 is 5.65. The third kappa shape index (κ3) is 13.9. The lowest BCUT2D eigenvalue weighted by Gasteiger charge is -2.33. The molecule has 0 saturated heterocycles. The third-order valence-electron chi connectivity index (χ3n) is 8.22. The van der Waals surface area contributed by atoms with E-state index in [0.29, 0.717) is 38.8 Å². The summed E-state index contributed by atoms with van der Waals surface area (Å²) in [6.07, 6.45) is 13.8. The first-order chi connectivity index (χ1) is 21.5. The van der Waals surface area contributed by atoms with Crippen molar-refractivity contribution >= 4 is 17.9 Å². The topological polar surface area (TPSA) is 131 Å². The maximum atomic E-state index is 13.6. The van der Waals surface area contributed by atoms with Crippen molar-refractivity contribution in [3.05, 3.63) is 35.9 Å². The lowest BCUT2D eigenvalue weighted by Crippen LogP contribution is -2.56. The molecule has 10 heteroatoms. The number of aliphatic hydroxyl groups excluding tert-OH is 2. The van der Waals surface area contributed by atoms with Crippen molar-refractivity contribution in [1.29, 1.82) is 0 Å². The number of amides is 3. The second-order valence-corrected chi connectivity index (χ2v) is 12.3. The van der Waals surface area contributed by atoms with Crippen LogP contribution in [0.25, 0.3) is 0 Å². The predicted molar refractivity (Wildman–Crippen MR) is 175 cm³/mol. The number of benzene rings is 1. The molecule has 5 atom stereocenters. The lowest BCUT2D eigenvalue weighted by atomic mass is 9.82. The van der Waals surface area contributed by atoms with Gasteiger partial charge in [-0.15, -0.1) is 24.7 Å². The van der Waals surface area contributed by atoms with Crippen molar-refractivity contribution < 1.29 is 29.3 Å². The highest BCUT2D eigenvalue weighted by atomic mass is 16.6. The molecule has 1 aromatic rings. The van der Waals surface area contributed by atoms with Gasteiger partial charge in [-0.1, -0.05) is 62.4 Å². The summed E-state index contributed by atoms with van der Waals surface area (Å²) in [4.78, 5) is 43.4. The van der Waals surface area contributed by atoms with E-state index in [1.54, 1.807) is 7.05 Å². The van der Waals surface area contributed by atoms with Crippen LogP contribution in [0.15, 0.2) is 30.3 Å². The van der Waals surface area contributed by atoms with Crippen LogP contribution in [0, 0.1) is 30.6 Å². The highest BCUT2D eigenvalue weighted by Gasteiger charge is 2.34. The number of hydrogen-bond donors (Lipinski definition) is 4. The highest BCUT2D eigenvalue weighted by molar-refractivity contribution is 5.90. The molecule has 3 amide bonds. The van der Waals surface area contributed by atoms with Crippen LogP contribution in [0.2, 0.25) is 0 Å². The van der Waals surface area contributed by atoms with Crippen molar-refractivity contribution in [3.63, 3.8) is 0 Å². The van der Waals surface area contributed by atoms with E-state index in [0.717, 1.165) is 37.7 Å². The minimum atomic E-state index is -1.23. The number of carbonyl (C=O) groups excluding carboxylic acids is 3. The van der Waals surface area contributed by atoms with E-state index in [-0.39, 0.29) is 18.8 Å². The van der Waals surface area contributed by atoms with Crippen molar-refractivity contribution in [3.8, 4) is 24.7 Å². The Morgan fingerprint density at radius 3 is 2.29 bits per heavy atom. The summed E-state index contributed by atoms with van der Waals surface area (Å²) >= 11 is 0. The van der Waals surface area contributed by atoms with Crippen molar-refractivity contribution in [1.82, 2.24) is 20.4 Å². The molecular weight excluding hydrogens is 572 g/mol. The van der Waals surface area contributed by atoms with E-state index >= 15 is 0 Å². The molecule has 0 radical (unpaired) electrons. The quantitative estimate of drug-likeness (QED) is 0.146. The molecule has 1 aliphatic carbocycles. The minimum Gasteiger partial charge on any atom is -0.436 e. The van der Waals surface area contributed by atoms with Gasteiger partial charge in [0.05, 0.1) is 18.2 Å². The molecular formula is C35H52N4O6. The largest absolute Gasteiger partial charge is 0.436 e. The Balaban J connectivity index is 2.20. The summed E-state index contributed by atoms with van der Waals surface area (Å²) in [6.45, 7) is 1.00. The average molecular weight is 625 g/mol. The highest BCUT2D eigenvalue weighted by Crippen LogP contribution is 2.29. The molecule has 10 nitrogen and oxygen atoms in total. The number of unbranched alkanes of at least 4 members (excludes halogenated alkanes) is 1. The van der Waals surface area contributed by atoms with Gasteiger partial charge in [0.2, 0.25) is 5.91 Å². The number of rotatable bonds is 18. The Bertz CT molecular complexity index is 1130. The number of likely N-dealkylation sites (N-methyl/N-ethyl adjacent to an activating group) is 2. The van der Waals surface area contributed by atoms with Crippen molar-refractivity contribution in [2.45, 2.75) is 101 Å². The van der Waals surface area contributed by atoms with E-state index in [1.165, 1.54) is 4.90 Å². The fourth-order valence-electron chi connectivity index (χ4n) is 5.46. The van der Waals surface area contributed by atoms with Crippen LogP contribution in [0.4, 0.5) is 4.79 Å². The average Bonchev–Trinajstić information content (AvgIpc) is 3.03. The predicted octanol–water partition coefficient (Wildman–Crippen LogP) is 2.72. The SMILES string of the molecule is C#CCCCC(O)C(O)C(CC1CCCCC1)NC(=O)C(CC#C)NC(=O)C(Cc1ccccc1)OC(=O)N(C)CCN(C)C. The molecule has 5 unspecified atom stereocenters. The Morgan fingerprint density at radius 1 is 0.978 bits per heavy atom. The van der Waals surface area contributed by atoms with Gasteiger partial charge in [0.1, 0.15) is 6.04 Å². The smallest absolute Gasteiger partial charge is 0.410 e. The summed E-state index contributed by atoms with van der Waals surface area (Å²) in [5.41, 5.74) is 0.772. The number of terminal acetylenes is 2. The zero-order valence-electron chi connectivity index (χ0n) is 27.1. The van der Waals surface area contributed by atoms with Crippen LogP contribution in [-0.4, -0.2) is 103 Å². The Labute approximate surface area is 269 Å². The minimum absolute atomic E-state index is 0.0944. The van der Waals surface area contributed by atoms with Gasteiger partial charge in [0.25, 0.3) is 5.91 Å². The number of nitrogens with zero attached hydrogens (tertiary/aromatic N) is 2. The van der Waals surface area contributed by atoms with Crippen LogP contribution in [0.3, 0.4) is 0 Å².